The second-order valence-corrected chi connectivity index (χ2v) is 6.78. The van der Waals surface area contributed by atoms with E-state index in [1.807, 2.05) is 6.92 Å². The van der Waals surface area contributed by atoms with E-state index in [1.54, 1.807) is 10.6 Å². The SMILES string of the molecule is CCc1nc2c(F)cc(Br)cn2c1CC=O.Nc1ncc(Br)cc1F. The van der Waals surface area contributed by atoms with E-state index >= 15 is 0 Å². The van der Waals surface area contributed by atoms with E-state index in [4.69, 9.17) is 5.73 Å². The Morgan fingerprint density at radius 1 is 1.24 bits per heavy atom. The molecule has 25 heavy (non-hydrogen) atoms. The van der Waals surface area contributed by atoms with Gasteiger partial charge in [-0.25, -0.2) is 18.7 Å². The predicted molar refractivity (Wildman–Crippen MR) is 98.3 cm³/mol. The fourth-order valence-corrected chi connectivity index (χ4v) is 2.88. The molecule has 5 nitrogen and oxygen atoms in total. The van der Waals surface area contributed by atoms with Crippen LogP contribution in [0.3, 0.4) is 0 Å². The molecule has 0 unspecified atom stereocenters. The van der Waals surface area contributed by atoms with Gasteiger partial charge >= 0.3 is 0 Å². The second kappa shape index (κ2) is 8.48. The van der Waals surface area contributed by atoms with Gasteiger partial charge in [-0.15, -0.1) is 0 Å². The molecule has 0 fully saturated rings. The minimum Gasteiger partial charge on any atom is -0.381 e. The number of aromatic nitrogens is 3. The molecule has 0 amide bonds. The molecule has 0 saturated carbocycles. The number of carbonyl (C=O) groups is 1. The molecule has 0 spiro atoms. The van der Waals surface area contributed by atoms with Gasteiger partial charge < -0.3 is 10.5 Å². The number of halogens is 4. The Kier molecular flexibility index (Phi) is 6.60. The summed E-state index contributed by atoms with van der Waals surface area (Å²) in [6.07, 6.45) is 4.91. The molecule has 2 N–H and O–H groups in total. The quantitative estimate of drug-likeness (QED) is 0.578. The van der Waals surface area contributed by atoms with Crippen molar-refractivity contribution in [2.45, 2.75) is 19.8 Å². The average molecular weight is 476 g/mol. The second-order valence-electron chi connectivity index (χ2n) is 4.95. The Labute approximate surface area is 159 Å². The molecule has 0 bridgehead atoms. The minimum absolute atomic E-state index is 0.0711. The molecule has 0 radical (unpaired) electrons. The Balaban J connectivity index is 0.000000212. The summed E-state index contributed by atoms with van der Waals surface area (Å²) in [5, 5.41) is 0. The van der Waals surface area contributed by atoms with E-state index in [9.17, 15) is 13.6 Å². The normalized spacial score (nSPS) is 10.4. The molecule has 0 aliphatic rings. The molecule has 3 aromatic heterocycles. The molecule has 0 aliphatic carbocycles. The highest BCUT2D eigenvalue weighted by molar-refractivity contribution is 9.10. The minimum atomic E-state index is -0.496. The maximum absolute atomic E-state index is 13.6. The van der Waals surface area contributed by atoms with Crippen LogP contribution in [0, 0.1) is 11.6 Å². The van der Waals surface area contributed by atoms with Crippen LogP contribution in [0.2, 0.25) is 0 Å². The summed E-state index contributed by atoms with van der Waals surface area (Å²) in [5.41, 5.74) is 6.88. The first-order chi connectivity index (χ1) is 11.9. The monoisotopic (exact) mass is 474 g/mol. The standard InChI is InChI=1S/C11H10BrFN2O.C5H4BrFN2/c1-2-9-10(3-4-16)15-6-7(12)5-8(13)11(15)14-9;6-3-1-4(7)5(8)9-2-3/h4-6H,2-3H2,1H3;1-2H,(H2,8,9). The third-order valence-electron chi connectivity index (χ3n) is 3.27. The van der Waals surface area contributed by atoms with Crippen LogP contribution < -0.4 is 5.73 Å². The molecule has 0 atom stereocenters. The first-order valence-electron chi connectivity index (χ1n) is 7.22. The number of anilines is 1. The van der Waals surface area contributed by atoms with Crippen molar-refractivity contribution in [2.75, 3.05) is 5.73 Å². The lowest BCUT2D eigenvalue weighted by molar-refractivity contribution is -0.107. The Bertz CT molecular complexity index is 915. The van der Waals surface area contributed by atoms with E-state index < -0.39 is 5.82 Å². The van der Waals surface area contributed by atoms with Gasteiger partial charge in [-0.2, -0.15) is 0 Å². The van der Waals surface area contributed by atoms with E-state index in [-0.39, 0.29) is 23.7 Å². The fraction of sp³-hybridized carbons (Fsp3) is 0.188. The topological polar surface area (TPSA) is 73.3 Å². The Morgan fingerprint density at radius 2 is 1.92 bits per heavy atom. The number of pyridine rings is 2. The molecule has 0 aliphatic heterocycles. The third kappa shape index (κ3) is 4.60. The van der Waals surface area contributed by atoms with Gasteiger partial charge in [-0.3, -0.25) is 4.40 Å². The number of aldehydes is 1. The highest BCUT2D eigenvalue weighted by Gasteiger charge is 2.13. The summed E-state index contributed by atoms with van der Waals surface area (Å²) < 4.78 is 28.8. The molecule has 132 valence electrons. The molecule has 0 saturated heterocycles. The van der Waals surface area contributed by atoms with Gasteiger partial charge in [-0.05, 0) is 50.4 Å². The van der Waals surface area contributed by atoms with Crippen LogP contribution in [0.4, 0.5) is 14.6 Å². The first-order valence-corrected chi connectivity index (χ1v) is 8.81. The van der Waals surface area contributed by atoms with E-state index in [0.29, 0.717) is 15.4 Å². The summed E-state index contributed by atoms with van der Waals surface area (Å²) in [5.74, 6) is -0.955. The zero-order chi connectivity index (χ0) is 18.6. The van der Waals surface area contributed by atoms with Crippen molar-refractivity contribution in [1.82, 2.24) is 14.4 Å². The van der Waals surface area contributed by atoms with Crippen LogP contribution >= 0.6 is 31.9 Å². The number of aryl methyl sites for hydroxylation is 1. The summed E-state index contributed by atoms with van der Waals surface area (Å²) >= 11 is 6.26. The third-order valence-corrected chi connectivity index (χ3v) is 4.14. The predicted octanol–water partition coefficient (Wildman–Crippen LogP) is 4.11. The van der Waals surface area contributed by atoms with Gasteiger partial charge in [-0.1, -0.05) is 6.92 Å². The van der Waals surface area contributed by atoms with Gasteiger partial charge in [0.15, 0.2) is 23.1 Å². The summed E-state index contributed by atoms with van der Waals surface area (Å²) in [6, 6.07) is 2.63. The molecular formula is C16H14Br2F2N4O. The van der Waals surface area contributed by atoms with Crippen molar-refractivity contribution in [3.8, 4) is 0 Å². The molecule has 3 heterocycles. The molecule has 9 heteroatoms. The number of hydrogen-bond acceptors (Lipinski definition) is 4. The van der Waals surface area contributed by atoms with Crippen LogP contribution in [-0.2, 0) is 17.6 Å². The van der Waals surface area contributed by atoms with Gasteiger partial charge in [0, 0.05) is 27.8 Å². The van der Waals surface area contributed by atoms with Crippen LogP contribution in [0.25, 0.3) is 5.65 Å². The van der Waals surface area contributed by atoms with Gasteiger partial charge in [0.25, 0.3) is 0 Å². The number of hydrogen-bond donors (Lipinski definition) is 1. The lowest BCUT2D eigenvalue weighted by Gasteiger charge is -2.00. The van der Waals surface area contributed by atoms with Crippen molar-refractivity contribution in [2.24, 2.45) is 0 Å². The number of imidazole rings is 1. The van der Waals surface area contributed by atoms with E-state index in [1.165, 1.54) is 18.3 Å². The zero-order valence-electron chi connectivity index (χ0n) is 13.1. The number of nitrogens with zero attached hydrogens (tertiary/aromatic N) is 3. The van der Waals surface area contributed by atoms with Crippen molar-refractivity contribution >= 4 is 49.6 Å². The lowest BCUT2D eigenvalue weighted by atomic mass is 10.2. The number of carbonyl (C=O) groups excluding carboxylic acids is 1. The van der Waals surface area contributed by atoms with Crippen LogP contribution in [0.15, 0.2) is 33.5 Å². The molecule has 3 aromatic rings. The maximum Gasteiger partial charge on any atom is 0.173 e. The van der Waals surface area contributed by atoms with Crippen LogP contribution in [0.5, 0.6) is 0 Å². The number of nitrogens with two attached hydrogens (primary N) is 1. The van der Waals surface area contributed by atoms with Crippen molar-refractivity contribution < 1.29 is 13.6 Å². The number of nitrogen functional groups attached to an aromatic ring is 1. The van der Waals surface area contributed by atoms with E-state index in [0.717, 1.165) is 17.7 Å². The summed E-state index contributed by atoms with van der Waals surface area (Å²) in [7, 11) is 0. The highest BCUT2D eigenvalue weighted by Crippen LogP contribution is 2.20. The molecule has 3 rings (SSSR count). The summed E-state index contributed by atoms with van der Waals surface area (Å²) in [4.78, 5) is 18.3. The van der Waals surface area contributed by atoms with Crippen molar-refractivity contribution in [3.63, 3.8) is 0 Å². The summed E-state index contributed by atoms with van der Waals surface area (Å²) in [6.45, 7) is 1.93. The van der Waals surface area contributed by atoms with Crippen molar-refractivity contribution in [1.29, 1.82) is 0 Å². The largest absolute Gasteiger partial charge is 0.381 e. The number of rotatable bonds is 3. The maximum atomic E-state index is 13.6. The van der Waals surface area contributed by atoms with Crippen LogP contribution in [0.1, 0.15) is 18.3 Å². The smallest absolute Gasteiger partial charge is 0.173 e. The molecule has 0 aromatic carbocycles. The zero-order valence-corrected chi connectivity index (χ0v) is 16.3. The van der Waals surface area contributed by atoms with Crippen LogP contribution in [-0.4, -0.2) is 20.7 Å². The lowest BCUT2D eigenvalue weighted by Crippen LogP contribution is -1.98. The van der Waals surface area contributed by atoms with Gasteiger partial charge in [0.2, 0.25) is 0 Å². The van der Waals surface area contributed by atoms with Gasteiger partial charge in [0.05, 0.1) is 11.4 Å². The first kappa shape index (κ1) is 19.5. The number of fused-ring (bicyclic) bond motifs is 1. The fourth-order valence-electron chi connectivity index (χ4n) is 2.17. The van der Waals surface area contributed by atoms with Gasteiger partial charge in [0.1, 0.15) is 6.29 Å². The molecular weight excluding hydrogens is 462 g/mol. The highest BCUT2D eigenvalue weighted by atomic mass is 79.9. The van der Waals surface area contributed by atoms with E-state index in [2.05, 4.69) is 41.8 Å². The Morgan fingerprint density at radius 3 is 2.48 bits per heavy atom. The Hall–Kier alpha value is -1.87. The van der Waals surface area contributed by atoms with Crippen molar-refractivity contribution in [3.05, 3.63) is 56.5 Å². The average Bonchev–Trinajstić information content (AvgIpc) is 2.91.